The molecule has 2 N–H and O–H groups in total. The van der Waals surface area contributed by atoms with Crippen LogP contribution in [0.25, 0.3) is 22.3 Å². The molecule has 0 aliphatic carbocycles. The number of anilines is 3. The van der Waals surface area contributed by atoms with E-state index < -0.39 is 5.82 Å². The van der Waals surface area contributed by atoms with Crippen molar-refractivity contribution in [3.63, 3.8) is 0 Å². The number of hydrogen-bond acceptors (Lipinski definition) is 6. The highest BCUT2D eigenvalue weighted by atomic mass is 19.1. The Hall–Kier alpha value is -4.85. The molecule has 0 unspecified atom stereocenters. The van der Waals surface area contributed by atoms with Gasteiger partial charge in [0.05, 0.1) is 18.2 Å². The lowest BCUT2D eigenvalue weighted by molar-refractivity contribution is 0.102. The minimum absolute atomic E-state index is 0.250. The number of carbonyl (C=O) groups is 1. The first-order valence-corrected chi connectivity index (χ1v) is 10.8. The number of carbonyl (C=O) groups excluding carboxylic acids is 1. The maximum absolute atomic E-state index is 14.5. The van der Waals surface area contributed by atoms with Gasteiger partial charge < -0.3 is 15.4 Å². The van der Waals surface area contributed by atoms with Crippen LogP contribution in [-0.4, -0.2) is 28.0 Å². The largest absolute Gasteiger partial charge is 0.497 e. The molecule has 5 aromatic rings. The Morgan fingerprint density at radius 2 is 1.71 bits per heavy atom. The Kier molecular flexibility index (Phi) is 6.00. The number of aromatic nitrogens is 3. The number of methoxy groups -OCH3 is 1. The third-order valence-electron chi connectivity index (χ3n) is 5.34. The number of pyridine rings is 1. The van der Waals surface area contributed by atoms with Crippen molar-refractivity contribution in [2.75, 3.05) is 17.7 Å². The Balaban J connectivity index is 1.56. The molecule has 0 saturated carbocycles. The second-order valence-electron chi connectivity index (χ2n) is 7.65. The average Bonchev–Trinajstić information content (AvgIpc) is 2.89. The van der Waals surface area contributed by atoms with Gasteiger partial charge in [-0.1, -0.05) is 18.2 Å². The van der Waals surface area contributed by atoms with E-state index in [1.807, 2.05) is 0 Å². The van der Waals surface area contributed by atoms with Gasteiger partial charge in [-0.05, 0) is 60.7 Å². The van der Waals surface area contributed by atoms with Crippen molar-refractivity contribution in [1.29, 1.82) is 0 Å². The molecule has 8 heteroatoms. The highest BCUT2D eigenvalue weighted by molar-refractivity contribution is 6.06. The summed E-state index contributed by atoms with van der Waals surface area (Å²) in [5.41, 5.74) is 2.66. The van der Waals surface area contributed by atoms with Gasteiger partial charge in [-0.15, -0.1) is 0 Å². The molecule has 0 fully saturated rings. The summed E-state index contributed by atoms with van der Waals surface area (Å²) >= 11 is 0. The van der Waals surface area contributed by atoms with Crippen LogP contribution >= 0.6 is 0 Å². The van der Waals surface area contributed by atoms with Crippen LogP contribution in [0.4, 0.5) is 21.6 Å². The monoisotopic (exact) mass is 465 g/mol. The topological polar surface area (TPSA) is 89.0 Å². The molecule has 0 aliphatic rings. The number of rotatable bonds is 6. The molecule has 1 amide bonds. The SMILES string of the molecule is COc1cccc(C(=O)Nc2ccc3nc(-c4ccccc4F)nc(Nc4ccncc4)c3c2)c1. The fraction of sp³-hybridized carbons (Fsp3) is 0.0370. The number of fused-ring (bicyclic) bond motifs is 1. The first kappa shape index (κ1) is 22.0. The van der Waals surface area contributed by atoms with E-state index in [-0.39, 0.29) is 11.7 Å². The van der Waals surface area contributed by atoms with Crippen molar-refractivity contribution in [2.24, 2.45) is 0 Å². The smallest absolute Gasteiger partial charge is 0.255 e. The van der Waals surface area contributed by atoms with Crippen LogP contribution in [0.15, 0.2) is 91.3 Å². The molecule has 3 aromatic carbocycles. The summed E-state index contributed by atoms with van der Waals surface area (Å²) in [5.74, 6) is 0.617. The Morgan fingerprint density at radius 3 is 2.51 bits per heavy atom. The van der Waals surface area contributed by atoms with Gasteiger partial charge in [-0.3, -0.25) is 9.78 Å². The van der Waals surface area contributed by atoms with E-state index in [9.17, 15) is 9.18 Å². The summed E-state index contributed by atoms with van der Waals surface area (Å²) < 4.78 is 19.7. The molecular weight excluding hydrogens is 445 g/mol. The first-order valence-electron chi connectivity index (χ1n) is 10.8. The van der Waals surface area contributed by atoms with Crippen molar-refractivity contribution in [1.82, 2.24) is 15.0 Å². The van der Waals surface area contributed by atoms with Crippen molar-refractivity contribution in [3.05, 3.63) is 103 Å². The van der Waals surface area contributed by atoms with Crippen molar-refractivity contribution >= 4 is 34.0 Å². The lowest BCUT2D eigenvalue weighted by Crippen LogP contribution is -2.12. The van der Waals surface area contributed by atoms with E-state index in [1.54, 1.807) is 92.3 Å². The lowest BCUT2D eigenvalue weighted by atomic mass is 10.1. The zero-order valence-electron chi connectivity index (χ0n) is 18.7. The zero-order chi connectivity index (χ0) is 24.2. The number of ether oxygens (including phenoxy) is 1. The molecule has 2 heterocycles. The lowest BCUT2D eigenvalue weighted by Gasteiger charge is -2.13. The van der Waals surface area contributed by atoms with Gasteiger partial charge in [0.1, 0.15) is 17.4 Å². The van der Waals surface area contributed by atoms with Crippen LogP contribution < -0.4 is 15.4 Å². The van der Waals surface area contributed by atoms with Crippen molar-refractivity contribution in [3.8, 4) is 17.1 Å². The van der Waals surface area contributed by atoms with Gasteiger partial charge in [0, 0.05) is 34.7 Å². The van der Waals surface area contributed by atoms with Gasteiger partial charge in [-0.25, -0.2) is 14.4 Å². The van der Waals surface area contributed by atoms with Crippen LogP contribution in [0, 0.1) is 5.82 Å². The summed E-state index contributed by atoms with van der Waals surface area (Å²) in [7, 11) is 1.55. The minimum Gasteiger partial charge on any atom is -0.497 e. The molecule has 7 nitrogen and oxygen atoms in total. The number of halogens is 1. The van der Waals surface area contributed by atoms with Crippen LogP contribution in [0.2, 0.25) is 0 Å². The molecule has 172 valence electrons. The second-order valence-corrected chi connectivity index (χ2v) is 7.65. The number of nitrogens with zero attached hydrogens (tertiary/aromatic N) is 3. The van der Waals surface area contributed by atoms with Gasteiger partial charge in [0.15, 0.2) is 5.82 Å². The van der Waals surface area contributed by atoms with E-state index in [4.69, 9.17) is 4.74 Å². The Bertz CT molecular complexity index is 1530. The normalized spacial score (nSPS) is 10.7. The number of nitrogens with one attached hydrogen (secondary N) is 2. The Labute approximate surface area is 200 Å². The van der Waals surface area contributed by atoms with Crippen molar-refractivity contribution in [2.45, 2.75) is 0 Å². The van der Waals surface area contributed by atoms with Crippen LogP contribution in [0.3, 0.4) is 0 Å². The fourth-order valence-electron chi connectivity index (χ4n) is 3.60. The summed E-state index contributed by atoms with van der Waals surface area (Å²) in [6, 6.07) is 22.1. The highest BCUT2D eigenvalue weighted by Gasteiger charge is 2.15. The summed E-state index contributed by atoms with van der Waals surface area (Å²) in [5, 5.41) is 6.82. The maximum atomic E-state index is 14.5. The molecule has 0 spiro atoms. The summed E-state index contributed by atoms with van der Waals surface area (Å²) in [6.07, 6.45) is 3.31. The Morgan fingerprint density at radius 1 is 0.886 bits per heavy atom. The van der Waals surface area contributed by atoms with E-state index in [0.717, 1.165) is 5.69 Å². The molecule has 35 heavy (non-hydrogen) atoms. The molecule has 0 bridgehead atoms. The van der Waals surface area contributed by atoms with E-state index in [1.165, 1.54) is 6.07 Å². The van der Waals surface area contributed by atoms with Crippen LogP contribution in [0.5, 0.6) is 5.75 Å². The van der Waals surface area contributed by atoms with Crippen LogP contribution in [-0.2, 0) is 0 Å². The van der Waals surface area contributed by atoms with Crippen LogP contribution in [0.1, 0.15) is 10.4 Å². The highest BCUT2D eigenvalue weighted by Crippen LogP contribution is 2.30. The zero-order valence-corrected chi connectivity index (χ0v) is 18.7. The van der Waals surface area contributed by atoms with Gasteiger partial charge in [0.25, 0.3) is 5.91 Å². The predicted octanol–water partition coefficient (Wildman–Crippen LogP) is 5.84. The number of amides is 1. The molecule has 5 rings (SSSR count). The summed E-state index contributed by atoms with van der Waals surface area (Å²) in [6.45, 7) is 0. The molecule has 2 aromatic heterocycles. The van der Waals surface area contributed by atoms with Gasteiger partial charge in [0.2, 0.25) is 0 Å². The standard InChI is InChI=1S/C27H20FN5O2/c1-35-20-6-4-5-17(15-20)27(34)31-19-9-10-24-22(16-19)26(30-18-11-13-29-14-12-18)33-25(32-24)21-7-2-3-8-23(21)28/h2-16H,1H3,(H,31,34)(H,29,30,32,33). The molecule has 0 saturated heterocycles. The number of hydrogen-bond donors (Lipinski definition) is 2. The van der Waals surface area contributed by atoms with Gasteiger partial charge >= 0.3 is 0 Å². The number of benzene rings is 3. The molecular formula is C27H20FN5O2. The average molecular weight is 465 g/mol. The maximum Gasteiger partial charge on any atom is 0.255 e. The molecule has 0 aliphatic heterocycles. The van der Waals surface area contributed by atoms with Gasteiger partial charge in [-0.2, -0.15) is 0 Å². The molecule has 0 atom stereocenters. The minimum atomic E-state index is -0.413. The van der Waals surface area contributed by atoms with E-state index >= 15 is 0 Å². The predicted molar refractivity (Wildman–Crippen MR) is 133 cm³/mol. The first-order chi connectivity index (χ1) is 17.1. The third kappa shape index (κ3) is 4.77. The quantitative estimate of drug-likeness (QED) is 0.328. The third-order valence-corrected chi connectivity index (χ3v) is 5.34. The van der Waals surface area contributed by atoms with E-state index in [0.29, 0.717) is 39.3 Å². The second kappa shape index (κ2) is 9.56. The fourth-order valence-corrected chi connectivity index (χ4v) is 3.60. The van der Waals surface area contributed by atoms with E-state index in [2.05, 4.69) is 25.6 Å². The summed E-state index contributed by atoms with van der Waals surface area (Å²) in [4.78, 5) is 26.0. The van der Waals surface area contributed by atoms with Crippen molar-refractivity contribution < 1.29 is 13.9 Å². The molecule has 0 radical (unpaired) electrons.